The van der Waals surface area contributed by atoms with E-state index in [1.165, 1.54) is 23.5 Å². The van der Waals surface area contributed by atoms with Gasteiger partial charge in [-0.15, -0.1) is 0 Å². The standard InChI is InChI=1S/C18H23N3O6S/c1-12(17-19-13(2)20-27-17)26-18(22)14-5-4-10-21(11-14)28(23,24)16-8-6-15(25-3)7-9-16/h6-9,12,14H,4-5,10-11H2,1-3H3. The minimum Gasteiger partial charge on any atom is -0.497 e. The van der Waals surface area contributed by atoms with Gasteiger partial charge in [-0.2, -0.15) is 9.29 Å². The summed E-state index contributed by atoms with van der Waals surface area (Å²) in [5.74, 6) is 0.215. The van der Waals surface area contributed by atoms with E-state index in [-0.39, 0.29) is 17.3 Å². The number of ether oxygens (including phenoxy) is 2. The van der Waals surface area contributed by atoms with Gasteiger partial charge in [0.15, 0.2) is 11.9 Å². The van der Waals surface area contributed by atoms with Crippen molar-refractivity contribution in [3.63, 3.8) is 0 Å². The molecule has 0 amide bonds. The minimum atomic E-state index is -3.70. The van der Waals surface area contributed by atoms with Crippen molar-refractivity contribution in [2.75, 3.05) is 20.2 Å². The molecule has 0 bridgehead atoms. The second kappa shape index (κ2) is 8.27. The predicted molar refractivity (Wildman–Crippen MR) is 98.0 cm³/mol. The summed E-state index contributed by atoms with van der Waals surface area (Å²) in [5.41, 5.74) is 0. The number of methoxy groups -OCH3 is 1. The zero-order valence-electron chi connectivity index (χ0n) is 16.0. The molecule has 152 valence electrons. The van der Waals surface area contributed by atoms with Crippen molar-refractivity contribution in [1.29, 1.82) is 0 Å². The molecule has 1 aromatic carbocycles. The number of rotatable bonds is 6. The number of sulfonamides is 1. The topological polar surface area (TPSA) is 112 Å². The first-order valence-corrected chi connectivity index (χ1v) is 10.4. The first-order valence-electron chi connectivity index (χ1n) is 8.96. The lowest BCUT2D eigenvalue weighted by Gasteiger charge is -2.31. The molecule has 1 fully saturated rings. The molecule has 0 spiro atoms. The van der Waals surface area contributed by atoms with Gasteiger partial charge in [-0.25, -0.2) is 8.42 Å². The Hall–Kier alpha value is -2.46. The third-order valence-corrected chi connectivity index (χ3v) is 6.48. The Bertz CT molecular complexity index is 925. The smallest absolute Gasteiger partial charge is 0.311 e. The fourth-order valence-corrected chi connectivity index (χ4v) is 4.57. The molecule has 1 aromatic heterocycles. The molecule has 2 aromatic rings. The number of carbonyl (C=O) groups excluding carboxylic acids is 1. The molecule has 0 aliphatic carbocycles. The number of aromatic nitrogens is 2. The Morgan fingerprint density at radius 3 is 2.64 bits per heavy atom. The van der Waals surface area contributed by atoms with Crippen LogP contribution in [0.3, 0.4) is 0 Å². The number of aryl methyl sites for hydroxylation is 1. The molecule has 1 saturated heterocycles. The SMILES string of the molecule is COc1ccc(S(=O)(=O)N2CCCC(C(=O)OC(C)c3nc(C)no3)C2)cc1. The summed E-state index contributed by atoms with van der Waals surface area (Å²) in [6, 6.07) is 6.18. The molecule has 3 rings (SSSR count). The molecule has 0 saturated carbocycles. The minimum absolute atomic E-state index is 0.0722. The number of hydrogen-bond donors (Lipinski definition) is 0. The zero-order valence-corrected chi connectivity index (χ0v) is 16.8. The van der Waals surface area contributed by atoms with Crippen LogP contribution in [0.1, 0.15) is 37.6 Å². The lowest BCUT2D eigenvalue weighted by Crippen LogP contribution is -2.42. The van der Waals surface area contributed by atoms with Crippen LogP contribution >= 0.6 is 0 Å². The van der Waals surface area contributed by atoms with E-state index < -0.39 is 28.0 Å². The summed E-state index contributed by atoms with van der Waals surface area (Å²) in [6.07, 6.45) is 0.439. The number of piperidine rings is 1. The van der Waals surface area contributed by atoms with Crippen molar-refractivity contribution < 1.29 is 27.2 Å². The van der Waals surface area contributed by atoms with Crippen LogP contribution in [0, 0.1) is 12.8 Å². The van der Waals surface area contributed by atoms with Gasteiger partial charge in [0.25, 0.3) is 5.89 Å². The Kier molecular flexibility index (Phi) is 5.99. The molecule has 2 unspecified atom stereocenters. The summed E-state index contributed by atoms with van der Waals surface area (Å²) in [7, 11) is -2.19. The molecular weight excluding hydrogens is 386 g/mol. The maximum absolute atomic E-state index is 12.9. The van der Waals surface area contributed by atoms with Crippen LogP contribution in [0.15, 0.2) is 33.7 Å². The maximum Gasteiger partial charge on any atom is 0.311 e. The Labute approximate surface area is 163 Å². The van der Waals surface area contributed by atoms with Gasteiger partial charge in [-0.3, -0.25) is 4.79 Å². The number of esters is 1. The average Bonchev–Trinajstić information content (AvgIpc) is 3.14. The van der Waals surface area contributed by atoms with Crippen LogP contribution in [0.4, 0.5) is 0 Å². The van der Waals surface area contributed by atoms with Crippen molar-refractivity contribution >= 4 is 16.0 Å². The van der Waals surface area contributed by atoms with E-state index in [0.29, 0.717) is 31.0 Å². The summed E-state index contributed by atoms with van der Waals surface area (Å²) < 4.78 is 42.6. The monoisotopic (exact) mass is 409 g/mol. The van der Waals surface area contributed by atoms with Crippen LogP contribution in [0.2, 0.25) is 0 Å². The van der Waals surface area contributed by atoms with Gasteiger partial charge in [0, 0.05) is 13.1 Å². The van der Waals surface area contributed by atoms with E-state index in [1.54, 1.807) is 26.0 Å². The van der Waals surface area contributed by atoms with E-state index in [4.69, 9.17) is 14.0 Å². The Morgan fingerprint density at radius 2 is 2.04 bits per heavy atom. The predicted octanol–water partition coefficient (Wildman–Crippen LogP) is 2.09. The van der Waals surface area contributed by atoms with Gasteiger partial charge in [0.1, 0.15) is 5.75 Å². The van der Waals surface area contributed by atoms with Crippen molar-refractivity contribution in [3.8, 4) is 5.75 Å². The van der Waals surface area contributed by atoms with Crippen LogP contribution in [0.25, 0.3) is 0 Å². The fourth-order valence-electron chi connectivity index (χ4n) is 3.05. The lowest BCUT2D eigenvalue weighted by molar-refractivity contribution is -0.156. The van der Waals surface area contributed by atoms with E-state index in [9.17, 15) is 13.2 Å². The van der Waals surface area contributed by atoms with E-state index in [1.807, 2.05) is 0 Å². The highest BCUT2D eigenvalue weighted by Crippen LogP contribution is 2.27. The lowest BCUT2D eigenvalue weighted by atomic mass is 10.00. The largest absolute Gasteiger partial charge is 0.497 e. The Morgan fingerprint density at radius 1 is 1.32 bits per heavy atom. The molecule has 9 nitrogen and oxygen atoms in total. The molecule has 0 N–H and O–H groups in total. The summed E-state index contributed by atoms with van der Waals surface area (Å²) in [4.78, 5) is 16.7. The van der Waals surface area contributed by atoms with Crippen LogP contribution < -0.4 is 4.74 Å². The van der Waals surface area contributed by atoms with E-state index >= 15 is 0 Å². The molecule has 28 heavy (non-hydrogen) atoms. The summed E-state index contributed by atoms with van der Waals surface area (Å²) in [6.45, 7) is 3.74. The van der Waals surface area contributed by atoms with Gasteiger partial charge < -0.3 is 14.0 Å². The number of nitrogens with zero attached hydrogens (tertiary/aromatic N) is 3. The zero-order chi connectivity index (χ0) is 20.3. The van der Waals surface area contributed by atoms with E-state index in [2.05, 4.69) is 10.1 Å². The average molecular weight is 409 g/mol. The van der Waals surface area contributed by atoms with Gasteiger partial charge in [0.05, 0.1) is 17.9 Å². The first-order chi connectivity index (χ1) is 13.3. The summed E-state index contributed by atoms with van der Waals surface area (Å²) >= 11 is 0. The second-order valence-corrected chi connectivity index (χ2v) is 8.57. The fraction of sp³-hybridized carbons (Fsp3) is 0.500. The number of hydrogen-bond acceptors (Lipinski definition) is 8. The summed E-state index contributed by atoms with van der Waals surface area (Å²) in [5, 5.41) is 3.67. The molecule has 2 atom stereocenters. The normalized spacial score (nSPS) is 19.2. The Balaban J connectivity index is 1.67. The molecule has 1 aliphatic rings. The van der Waals surface area contributed by atoms with Crippen molar-refractivity contribution in [2.24, 2.45) is 5.92 Å². The number of benzene rings is 1. The van der Waals surface area contributed by atoms with Crippen molar-refractivity contribution in [2.45, 2.75) is 37.7 Å². The van der Waals surface area contributed by atoms with Crippen molar-refractivity contribution in [1.82, 2.24) is 14.4 Å². The highest BCUT2D eigenvalue weighted by atomic mass is 32.2. The highest BCUT2D eigenvalue weighted by Gasteiger charge is 2.35. The van der Waals surface area contributed by atoms with Gasteiger partial charge in [-0.05, 0) is 51.0 Å². The molecule has 0 radical (unpaired) electrons. The van der Waals surface area contributed by atoms with Gasteiger partial charge >= 0.3 is 5.97 Å². The first kappa shape index (κ1) is 20.3. The molecule has 1 aliphatic heterocycles. The van der Waals surface area contributed by atoms with Gasteiger partial charge in [-0.1, -0.05) is 5.16 Å². The third kappa shape index (κ3) is 4.33. The van der Waals surface area contributed by atoms with Crippen LogP contribution in [0.5, 0.6) is 5.75 Å². The molecular formula is C18H23N3O6S. The molecule has 2 heterocycles. The van der Waals surface area contributed by atoms with Crippen LogP contribution in [-0.2, 0) is 19.6 Å². The van der Waals surface area contributed by atoms with Crippen molar-refractivity contribution in [3.05, 3.63) is 36.0 Å². The highest BCUT2D eigenvalue weighted by molar-refractivity contribution is 7.89. The quantitative estimate of drug-likeness (QED) is 0.667. The number of carbonyl (C=O) groups is 1. The molecule has 10 heteroatoms. The van der Waals surface area contributed by atoms with Gasteiger partial charge in [0.2, 0.25) is 10.0 Å². The second-order valence-electron chi connectivity index (χ2n) is 6.64. The van der Waals surface area contributed by atoms with E-state index in [0.717, 1.165) is 0 Å². The maximum atomic E-state index is 12.9. The third-order valence-electron chi connectivity index (χ3n) is 4.60. The van der Waals surface area contributed by atoms with Crippen LogP contribution in [-0.4, -0.2) is 49.0 Å².